The van der Waals surface area contributed by atoms with Crippen LogP contribution in [0.25, 0.3) is 0 Å². The van der Waals surface area contributed by atoms with Crippen LogP contribution in [0.3, 0.4) is 0 Å². The van der Waals surface area contributed by atoms with Gasteiger partial charge in [-0.15, -0.1) is 0 Å². The number of ether oxygens (including phenoxy) is 2. The largest absolute Gasteiger partial charge is 0.472 e. The summed E-state index contributed by atoms with van der Waals surface area (Å²) in [6.45, 7) is 3.71. The molecule has 3 N–H and O–H groups in total. The van der Waals surface area contributed by atoms with Gasteiger partial charge in [0.05, 0.1) is 13.2 Å². The molecule has 57 heavy (non-hydrogen) atoms. The van der Waals surface area contributed by atoms with Crippen molar-refractivity contribution in [1.29, 1.82) is 0 Å². The van der Waals surface area contributed by atoms with Crippen molar-refractivity contribution in [3.63, 3.8) is 0 Å². The molecule has 1 unspecified atom stereocenters. The minimum Gasteiger partial charge on any atom is -0.462 e. The minimum atomic E-state index is -4.38. The van der Waals surface area contributed by atoms with Crippen molar-refractivity contribution in [2.45, 2.75) is 225 Å². The lowest BCUT2D eigenvalue weighted by molar-refractivity contribution is -0.161. The van der Waals surface area contributed by atoms with Gasteiger partial charge in [0.2, 0.25) is 0 Å². The molecule has 0 aliphatic carbocycles. The third-order valence-electron chi connectivity index (χ3n) is 10.00. The number of hydrogen-bond acceptors (Lipinski definition) is 8. The standard InChI is InChI=1S/C47H88NO8P/c1-3-5-7-9-11-13-15-17-19-21-22-24-26-28-30-32-34-36-38-40-47(50)56-45(44-55-57(51,52)54-42-41-48)43-53-46(49)39-37-35-33-31-29-27-25-23-20-18-16-14-12-10-8-6-4-2/h12,14,17-20,45H,3-11,13,15-16,21-44,48H2,1-2H3,(H,51,52)/t45-/m1/s1. The van der Waals surface area contributed by atoms with Crippen molar-refractivity contribution < 1.29 is 37.6 Å². The molecule has 0 bridgehead atoms. The lowest BCUT2D eigenvalue weighted by Crippen LogP contribution is -2.29. The van der Waals surface area contributed by atoms with Gasteiger partial charge in [-0.2, -0.15) is 0 Å². The molecule has 0 rings (SSSR count). The Kier molecular flexibility index (Phi) is 42.4. The topological polar surface area (TPSA) is 134 Å². The van der Waals surface area contributed by atoms with Crippen molar-refractivity contribution in [2.75, 3.05) is 26.4 Å². The number of rotatable bonds is 44. The van der Waals surface area contributed by atoms with Gasteiger partial charge in [0, 0.05) is 19.4 Å². The zero-order valence-corrected chi connectivity index (χ0v) is 37.7. The first-order valence-electron chi connectivity index (χ1n) is 23.5. The van der Waals surface area contributed by atoms with Gasteiger partial charge < -0.3 is 20.1 Å². The first kappa shape index (κ1) is 55.2. The van der Waals surface area contributed by atoms with Gasteiger partial charge in [0.25, 0.3) is 0 Å². The van der Waals surface area contributed by atoms with Crippen LogP contribution >= 0.6 is 7.82 Å². The predicted molar refractivity (Wildman–Crippen MR) is 238 cm³/mol. The van der Waals surface area contributed by atoms with Crippen LogP contribution in [0.5, 0.6) is 0 Å². The number of phosphoric ester groups is 1. The summed E-state index contributed by atoms with van der Waals surface area (Å²) in [6.07, 6.45) is 48.8. The highest BCUT2D eigenvalue weighted by atomic mass is 31.2. The zero-order chi connectivity index (χ0) is 41.8. The summed E-state index contributed by atoms with van der Waals surface area (Å²) in [5.41, 5.74) is 5.36. The maximum Gasteiger partial charge on any atom is 0.472 e. The number of hydrogen-bond donors (Lipinski definition) is 2. The van der Waals surface area contributed by atoms with Crippen LogP contribution in [0, 0.1) is 0 Å². The molecule has 0 aromatic rings. The van der Waals surface area contributed by atoms with E-state index >= 15 is 0 Å². The first-order valence-corrected chi connectivity index (χ1v) is 25.0. The van der Waals surface area contributed by atoms with Crippen molar-refractivity contribution >= 4 is 19.8 Å². The van der Waals surface area contributed by atoms with E-state index in [0.29, 0.717) is 6.42 Å². The van der Waals surface area contributed by atoms with Gasteiger partial charge in [-0.1, -0.05) is 172 Å². The fourth-order valence-corrected chi connectivity index (χ4v) is 7.25. The van der Waals surface area contributed by atoms with E-state index in [-0.39, 0.29) is 38.6 Å². The second-order valence-electron chi connectivity index (χ2n) is 15.6. The lowest BCUT2D eigenvalue weighted by atomic mass is 10.1. The normalized spacial score (nSPS) is 13.5. The molecule has 0 heterocycles. The molecule has 9 nitrogen and oxygen atoms in total. The van der Waals surface area contributed by atoms with E-state index in [1.807, 2.05) is 0 Å². The Balaban J connectivity index is 4.11. The van der Waals surface area contributed by atoms with Gasteiger partial charge >= 0.3 is 19.8 Å². The molecule has 0 saturated heterocycles. The Morgan fingerprint density at radius 2 is 0.912 bits per heavy atom. The number of unbranched alkanes of at least 4 members (excludes halogenated alkanes) is 25. The highest BCUT2D eigenvalue weighted by Gasteiger charge is 2.26. The smallest absolute Gasteiger partial charge is 0.462 e. The van der Waals surface area contributed by atoms with E-state index in [1.54, 1.807) is 0 Å². The molecule has 0 spiro atoms. The first-order chi connectivity index (χ1) is 27.8. The summed E-state index contributed by atoms with van der Waals surface area (Å²) in [6, 6.07) is 0. The van der Waals surface area contributed by atoms with Crippen LogP contribution in [-0.2, 0) is 32.7 Å². The average molecular weight is 826 g/mol. The van der Waals surface area contributed by atoms with E-state index in [9.17, 15) is 19.0 Å². The molecule has 0 aromatic heterocycles. The lowest BCUT2D eigenvalue weighted by Gasteiger charge is -2.19. The summed E-state index contributed by atoms with van der Waals surface area (Å²) in [5.74, 6) is -0.835. The fourth-order valence-electron chi connectivity index (χ4n) is 6.48. The summed E-state index contributed by atoms with van der Waals surface area (Å²) in [4.78, 5) is 35.0. The van der Waals surface area contributed by atoms with Gasteiger partial charge in [-0.05, 0) is 70.6 Å². The minimum absolute atomic E-state index is 0.0519. The molecule has 0 aromatic carbocycles. The van der Waals surface area contributed by atoms with E-state index in [2.05, 4.69) is 50.3 Å². The molecule has 10 heteroatoms. The molecular formula is C47H88NO8P. The fraction of sp³-hybridized carbons (Fsp3) is 0.830. The van der Waals surface area contributed by atoms with Gasteiger partial charge in [-0.25, -0.2) is 4.57 Å². The molecule has 2 atom stereocenters. The summed E-state index contributed by atoms with van der Waals surface area (Å²) < 4.78 is 32.8. The summed E-state index contributed by atoms with van der Waals surface area (Å²) in [5, 5.41) is 0. The highest BCUT2D eigenvalue weighted by molar-refractivity contribution is 7.47. The number of carbonyl (C=O) groups excluding carboxylic acids is 2. The van der Waals surface area contributed by atoms with E-state index in [1.165, 1.54) is 128 Å². The molecule has 0 saturated carbocycles. The van der Waals surface area contributed by atoms with E-state index < -0.39 is 26.5 Å². The Hall–Kier alpha value is -1.77. The van der Waals surface area contributed by atoms with Crippen LogP contribution in [0.2, 0.25) is 0 Å². The second-order valence-corrected chi connectivity index (χ2v) is 17.1. The van der Waals surface area contributed by atoms with Gasteiger partial charge in [0.15, 0.2) is 6.10 Å². The molecule has 0 radical (unpaired) electrons. The number of allylic oxidation sites excluding steroid dienone is 6. The van der Waals surface area contributed by atoms with E-state index in [0.717, 1.165) is 57.8 Å². The van der Waals surface area contributed by atoms with Crippen LogP contribution in [-0.4, -0.2) is 49.3 Å². The molecule has 0 fully saturated rings. The quantitative estimate of drug-likeness (QED) is 0.0266. The SMILES string of the molecule is CCCCCC=CCC=CCCCCCCCCCC(=O)OC[C@H](COP(=O)(O)OCCN)OC(=O)CCCCCCCCCCCC=CCCCCCCCC. The zero-order valence-electron chi connectivity index (χ0n) is 36.8. The van der Waals surface area contributed by atoms with Crippen LogP contribution in [0.15, 0.2) is 36.5 Å². The van der Waals surface area contributed by atoms with Crippen molar-refractivity contribution in [3.05, 3.63) is 36.5 Å². The average Bonchev–Trinajstić information content (AvgIpc) is 3.20. The maximum atomic E-state index is 12.6. The number of carbonyl (C=O) groups is 2. The summed E-state index contributed by atoms with van der Waals surface area (Å²) in [7, 11) is -4.38. The highest BCUT2D eigenvalue weighted by Crippen LogP contribution is 2.43. The second kappa shape index (κ2) is 43.8. The number of esters is 2. The third kappa shape index (κ3) is 43.6. The molecule has 0 aliphatic heterocycles. The Labute approximate surface area is 350 Å². The van der Waals surface area contributed by atoms with E-state index in [4.69, 9.17) is 24.3 Å². The third-order valence-corrected chi connectivity index (χ3v) is 11.0. The Morgan fingerprint density at radius 3 is 1.39 bits per heavy atom. The molecule has 0 aliphatic rings. The number of nitrogens with two attached hydrogens (primary N) is 1. The monoisotopic (exact) mass is 826 g/mol. The van der Waals surface area contributed by atoms with Crippen molar-refractivity contribution in [3.8, 4) is 0 Å². The maximum absolute atomic E-state index is 12.6. The van der Waals surface area contributed by atoms with Crippen LogP contribution in [0.1, 0.15) is 219 Å². The van der Waals surface area contributed by atoms with Gasteiger partial charge in [0.1, 0.15) is 6.61 Å². The molecule has 334 valence electrons. The molecular weight excluding hydrogens is 737 g/mol. The predicted octanol–water partition coefficient (Wildman–Crippen LogP) is 13.7. The van der Waals surface area contributed by atoms with Crippen molar-refractivity contribution in [2.24, 2.45) is 5.73 Å². The number of phosphoric acid groups is 1. The van der Waals surface area contributed by atoms with Crippen LogP contribution in [0.4, 0.5) is 0 Å². The Bertz CT molecular complexity index is 1030. The van der Waals surface area contributed by atoms with Crippen LogP contribution < -0.4 is 5.73 Å². The summed E-state index contributed by atoms with van der Waals surface area (Å²) >= 11 is 0. The van der Waals surface area contributed by atoms with Gasteiger partial charge in [-0.3, -0.25) is 18.6 Å². The Morgan fingerprint density at radius 1 is 0.526 bits per heavy atom. The van der Waals surface area contributed by atoms with Crippen molar-refractivity contribution in [1.82, 2.24) is 0 Å². The molecule has 0 amide bonds.